The molecule has 1 aliphatic rings. The molecule has 3 aromatic rings. The summed E-state index contributed by atoms with van der Waals surface area (Å²) in [5.74, 6) is -0.0664. The van der Waals surface area contributed by atoms with Crippen LogP contribution in [0.3, 0.4) is 0 Å². The van der Waals surface area contributed by atoms with E-state index in [-0.39, 0.29) is 11.8 Å². The molecule has 0 saturated carbocycles. The lowest BCUT2D eigenvalue weighted by atomic mass is 9.98. The maximum absolute atomic E-state index is 12.2. The van der Waals surface area contributed by atoms with Gasteiger partial charge in [0, 0.05) is 25.1 Å². The summed E-state index contributed by atoms with van der Waals surface area (Å²) in [7, 11) is 0. The third kappa shape index (κ3) is 4.83. The van der Waals surface area contributed by atoms with Gasteiger partial charge in [-0.25, -0.2) is 4.79 Å². The fraction of sp³-hybridized carbons (Fsp3) is 0.154. The predicted octanol–water partition coefficient (Wildman–Crippen LogP) is 5.20. The standard InChI is InChI=1S/C26H24N2O3/c1-18(29)28-20-10-6-8-19(16-20)9-7-15-27-26(30)31-17-25-23-13-4-2-11-21(23)22-12-3-5-14-24(22)25/h2-14,16,25H,15,17H2,1H3,(H,27,30)(H,28,29). The highest BCUT2D eigenvalue weighted by atomic mass is 16.5. The van der Waals surface area contributed by atoms with Crippen LogP contribution in [-0.2, 0) is 9.53 Å². The Morgan fingerprint density at radius 3 is 2.29 bits per heavy atom. The molecule has 0 unspecified atom stereocenters. The van der Waals surface area contributed by atoms with Crippen molar-refractivity contribution in [1.82, 2.24) is 5.32 Å². The number of alkyl carbamates (subject to hydrolysis) is 1. The Morgan fingerprint density at radius 2 is 1.61 bits per heavy atom. The zero-order chi connectivity index (χ0) is 21.6. The van der Waals surface area contributed by atoms with E-state index in [4.69, 9.17) is 4.74 Å². The SMILES string of the molecule is CC(=O)Nc1cccc(C=CCNC(=O)OCC2c3ccccc3-c3ccccc32)c1. The van der Waals surface area contributed by atoms with E-state index in [2.05, 4.69) is 34.9 Å². The van der Waals surface area contributed by atoms with Crippen molar-refractivity contribution in [3.05, 3.63) is 95.6 Å². The summed E-state index contributed by atoms with van der Waals surface area (Å²) in [6, 6.07) is 24.0. The molecule has 31 heavy (non-hydrogen) atoms. The summed E-state index contributed by atoms with van der Waals surface area (Å²) < 4.78 is 5.52. The van der Waals surface area contributed by atoms with Crippen LogP contribution in [0.2, 0.25) is 0 Å². The first-order valence-electron chi connectivity index (χ1n) is 10.2. The van der Waals surface area contributed by atoms with Crippen LogP contribution in [0.5, 0.6) is 0 Å². The van der Waals surface area contributed by atoms with Gasteiger partial charge in [0.2, 0.25) is 5.91 Å². The number of fused-ring (bicyclic) bond motifs is 3. The average Bonchev–Trinajstić information content (AvgIpc) is 3.09. The number of hydrogen-bond donors (Lipinski definition) is 2. The van der Waals surface area contributed by atoms with Crippen molar-refractivity contribution in [3.8, 4) is 11.1 Å². The summed E-state index contributed by atoms with van der Waals surface area (Å²) in [5, 5.41) is 5.50. The summed E-state index contributed by atoms with van der Waals surface area (Å²) in [5.41, 5.74) is 6.46. The van der Waals surface area contributed by atoms with E-state index in [1.807, 2.05) is 60.7 Å². The lowest BCUT2D eigenvalue weighted by Gasteiger charge is -2.14. The number of carbonyl (C=O) groups excluding carboxylic acids is 2. The quantitative estimate of drug-likeness (QED) is 0.585. The molecule has 0 fully saturated rings. The summed E-state index contributed by atoms with van der Waals surface area (Å²) >= 11 is 0. The highest BCUT2D eigenvalue weighted by Gasteiger charge is 2.28. The van der Waals surface area contributed by atoms with Gasteiger partial charge in [0.15, 0.2) is 0 Å². The monoisotopic (exact) mass is 412 g/mol. The van der Waals surface area contributed by atoms with Crippen molar-refractivity contribution in [2.45, 2.75) is 12.8 Å². The van der Waals surface area contributed by atoms with Gasteiger partial charge >= 0.3 is 6.09 Å². The Kier molecular flexibility index (Phi) is 6.13. The van der Waals surface area contributed by atoms with Crippen LogP contribution in [0.25, 0.3) is 17.2 Å². The normalized spacial score (nSPS) is 12.3. The van der Waals surface area contributed by atoms with Crippen LogP contribution in [0.4, 0.5) is 10.5 Å². The van der Waals surface area contributed by atoms with Crippen LogP contribution >= 0.6 is 0 Å². The van der Waals surface area contributed by atoms with E-state index in [0.29, 0.717) is 13.2 Å². The summed E-state index contributed by atoms with van der Waals surface area (Å²) in [6.07, 6.45) is 3.28. The van der Waals surface area contributed by atoms with Crippen molar-refractivity contribution < 1.29 is 14.3 Å². The van der Waals surface area contributed by atoms with E-state index >= 15 is 0 Å². The van der Waals surface area contributed by atoms with Crippen LogP contribution in [-0.4, -0.2) is 25.2 Å². The first kappa shape index (κ1) is 20.4. The minimum absolute atomic E-state index is 0.0465. The molecule has 0 atom stereocenters. The van der Waals surface area contributed by atoms with Gasteiger partial charge in [-0.05, 0) is 39.9 Å². The van der Waals surface area contributed by atoms with Gasteiger partial charge in [0.1, 0.15) is 6.61 Å². The molecule has 3 aromatic carbocycles. The molecule has 0 bridgehead atoms. The van der Waals surface area contributed by atoms with Crippen molar-refractivity contribution in [2.24, 2.45) is 0 Å². The van der Waals surface area contributed by atoms with Crippen LogP contribution in [0.1, 0.15) is 29.5 Å². The molecule has 0 aliphatic heterocycles. The van der Waals surface area contributed by atoms with Gasteiger partial charge < -0.3 is 15.4 Å². The number of ether oxygens (including phenoxy) is 1. The van der Waals surface area contributed by atoms with Crippen molar-refractivity contribution in [3.63, 3.8) is 0 Å². The third-order valence-electron chi connectivity index (χ3n) is 5.23. The fourth-order valence-electron chi connectivity index (χ4n) is 3.91. The molecule has 0 aromatic heterocycles. The molecule has 0 heterocycles. The summed E-state index contributed by atoms with van der Waals surface area (Å²) in [6.45, 7) is 2.12. The van der Waals surface area contributed by atoms with Gasteiger partial charge in [-0.15, -0.1) is 0 Å². The minimum atomic E-state index is -0.446. The van der Waals surface area contributed by atoms with E-state index in [1.165, 1.54) is 29.2 Å². The molecule has 0 radical (unpaired) electrons. The van der Waals surface area contributed by atoms with E-state index in [1.54, 1.807) is 0 Å². The maximum Gasteiger partial charge on any atom is 0.407 e. The Hall–Kier alpha value is -3.86. The predicted molar refractivity (Wildman–Crippen MR) is 123 cm³/mol. The summed E-state index contributed by atoms with van der Waals surface area (Å²) in [4.78, 5) is 23.4. The van der Waals surface area contributed by atoms with Crippen LogP contribution in [0, 0.1) is 0 Å². The second-order valence-corrected chi connectivity index (χ2v) is 7.42. The molecular weight excluding hydrogens is 388 g/mol. The molecule has 0 spiro atoms. The fourth-order valence-corrected chi connectivity index (χ4v) is 3.91. The third-order valence-corrected chi connectivity index (χ3v) is 5.23. The maximum atomic E-state index is 12.2. The smallest absolute Gasteiger partial charge is 0.407 e. The number of anilines is 1. The van der Waals surface area contributed by atoms with E-state index in [0.717, 1.165) is 11.3 Å². The highest BCUT2D eigenvalue weighted by molar-refractivity contribution is 5.89. The highest BCUT2D eigenvalue weighted by Crippen LogP contribution is 2.44. The second kappa shape index (κ2) is 9.30. The van der Waals surface area contributed by atoms with Gasteiger partial charge in [0.05, 0.1) is 0 Å². The molecule has 156 valence electrons. The molecule has 2 N–H and O–H groups in total. The largest absolute Gasteiger partial charge is 0.449 e. The Morgan fingerprint density at radius 1 is 0.935 bits per heavy atom. The lowest BCUT2D eigenvalue weighted by molar-refractivity contribution is -0.114. The van der Waals surface area contributed by atoms with Gasteiger partial charge in [-0.2, -0.15) is 0 Å². The molecule has 0 saturated heterocycles. The van der Waals surface area contributed by atoms with Crippen molar-refractivity contribution in [1.29, 1.82) is 0 Å². The van der Waals surface area contributed by atoms with E-state index < -0.39 is 6.09 Å². The first-order chi connectivity index (χ1) is 15.1. The lowest BCUT2D eigenvalue weighted by Crippen LogP contribution is -2.26. The number of carbonyl (C=O) groups is 2. The van der Waals surface area contributed by atoms with Crippen molar-refractivity contribution >= 4 is 23.8 Å². The molecular formula is C26H24N2O3. The zero-order valence-corrected chi connectivity index (χ0v) is 17.3. The minimum Gasteiger partial charge on any atom is -0.449 e. The number of rotatable bonds is 6. The van der Waals surface area contributed by atoms with Gasteiger partial charge in [0.25, 0.3) is 0 Å². The Labute approximate surface area is 181 Å². The number of benzene rings is 3. The Balaban J connectivity index is 1.30. The number of amides is 2. The van der Waals surface area contributed by atoms with Gasteiger partial charge in [-0.3, -0.25) is 4.79 Å². The topological polar surface area (TPSA) is 67.4 Å². The zero-order valence-electron chi connectivity index (χ0n) is 17.3. The number of hydrogen-bond acceptors (Lipinski definition) is 3. The second-order valence-electron chi connectivity index (χ2n) is 7.42. The number of nitrogens with one attached hydrogen (secondary N) is 2. The van der Waals surface area contributed by atoms with Crippen LogP contribution in [0.15, 0.2) is 78.9 Å². The van der Waals surface area contributed by atoms with E-state index in [9.17, 15) is 9.59 Å². The van der Waals surface area contributed by atoms with Crippen molar-refractivity contribution in [2.75, 3.05) is 18.5 Å². The molecule has 1 aliphatic carbocycles. The molecule has 5 heteroatoms. The molecule has 2 amide bonds. The average molecular weight is 412 g/mol. The Bertz CT molecular complexity index is 1090. The van der Waals surface area contributed by atoms with Gasteiger partial charge in [-0.1, -0.05) is 72.8 Å². The first-order valence-corrected chi connectivity index (χ1v) is 10.2. The molecule has 4 rings (SSSR count). The van der Waals surface area contributed by atoms with Crippen LogP contribution < -0.4 is 10.6 Å². The molecule has 5 nitrogen and oxygen atoms in total.